The molecule has 0 aliphatic rings. The van der Waals surface area contributed by atoms with Crippen LogP contribution in [0.4, 0.5) is 0 Å². The van der Waals surface area contributed by atoms with Crippen molar-refractivity contribution in [3.63, 3.8) is 0 Å². The SMILES string of the molecule is COc1ccc2c(=O)c3c(=O)n(Cc4ccco4)c(-c4ccc(Cl)cc4)nc3oc2c1. The summed E-state index contributed by atoms with van der Waals surface area (Å²) in [6, 6.07) is 15.2. The van der Waals surface area contributed by atoms with Crippen LogP contribution < -0.4 is 15.7 Å². The van der Waals surface area contributed by atoms with Crippen LogP contribution in [0.25, 0.3) is 33.5 Å². The van der Waals surface area contributed by atoms with Crippen LogP contribution in [-0.4, -0.2) is 16.7 Å². The number of hydrogen-bond acceptors (Lipinski definition) is 6. The minimum absolute atomic E-state index is 0.0450. The molecule has 0 saturated heterocycles. The fourth-order valence-electron chi connectivity index (χ4n) is 3.47. The Balaban J connectivity index is 1.86. The summed E-state index contributed by atoms with van der Waals surface area (Å²) in [5.41, 5.74) is -0.0839. The molecule has 0 saturated carbocycles. The Morgan fingerprint density at radius 3 is 2.61 bits per heavy atom. The standard InChI is InChI=1S/C23H15ClN2O5/c1-29-15-8-9-17-18(11-15)31-22-19(20(17)27)23(28)26(12-16-3-2-10-30-16)21(25-22)13-4-6-14(24)7-5-13/h2-11H,12H2,1H3. The summed E-state index contributed by atoms with van der Waals surface area (Å²) in [5.74, 6) is 1.41. The monoisotopic (exact) mass is 434 g/mol. The highest BCUT2D eigenvalue weighted by Gasteiger charge is 2.20. The number of ether oxygens (including phenoxy) is 1. The second-order valence-electron chi connectivity index (χ2n) is 6.89. The Labute approximate surface area is 180 Å². The van der Waals surface area contributed by atoms with Crippen molar-refractivity contribution >= 4 is 33.7 Å². The van der Waals surface area contributed by atoms with Gasteiger partial charge in [-0.25, -0.2) is 0 Å². The largest absolute Gasteiger partial charge is 0.497 e. The molecule has 0 N–H and O–H groups in total. The first kappa shape index (κ1) is 19.1. The molecule has 2 aromatic carbocycles. The number of hydrogen-bond donors (Lipinski definition) is 0. The van der Waals surface area contributed by atoms with Crippen molar-refractivity contribution in [3.05, 3.63) is 92.2 Å². The van der Waals surface area contributed by atoms with Gasteiger partial charge >= 0.3 is 0 Å². The van der Waals surface area contributed by atoms with Crippen LogP contribution in [0.15, 0.2) is 79.3 Å². The minimum atomic E-state index is -0.516. The molecule has 0 atom stereocenters. The quantitative estimate of drug-likeness (QED) is 0.388. The van der Waals surface area contributed by atoms with Gasteiger partial charge in [0.05, 0.1) is 25.3 Å². The molecule has 0 radical (unpaired) electrons. The second kappa shape index (κ2) is 7.45. The van der Waals surface area contributed by atoms with Crippen molar-refractivity contribution < 1.29 is 13.6 Å². The van der Waals surface area contributed by atoms with Gasteiger partial charge in [0.1, 0.15) is 22.9 Å². The normalized spacial score (nSPS) is 11.3. The summed E-state index contributed by atoms with van der Waals surface area (Å²) in [6.07, 6.45) is 1.52. The molecule has 0 bridgehead atoms. The van der Waals surface area contributed by atoms with E-state index in [-0.39, 0.29) is 28.6 Å². The molecule has 5 aromatic rings. The molecule has 3 aromatic heterocycles. The van der Waals surface area contributed by atoms with Gasteiger partial charge in [-0.05, 0) is 48.5 Å². The average Bonchev–Trinajstić information content (AvgIpc) is 3.29. The van der Waals surface area contributed by atoms with E-state index in [0.29, 0.717) is 27.9 Å². The molecular formula is C23H15ClN2O5. The number of halogens is 1. The maximum Gasteiger partial charge on any atom is 0.269 e. The van der Waals surface area contributed by atoms with Crippen LogP contribution in [0.1, 0.15) is 5.76 Å². The zero-order valence-corrected chi connectivity index (χ0v) is 17.1. The highest BCUT2D eigenvalue weighted by Crippen LogP contribution is 2.24. The molecular weight excluding hydrogens is 420 g/mol. The summed E-state index contributed by atoms with van der Waals surface area (Å²) >= 11 is 6.02. The first-order valence-corrected chi connectivity index (χ1v) is 9.76. The van der Waals surface area contributed by atoms with Gasteiger partial charge in [-0.2, -0.15) is 4.98 Å². The third-order valence-corrected chi connectivity index (χ3v) is 5.25. The number of fused-ring (bicyclic) bond motifs is 2. The van der Waals surface area contributed by atoms with Crippen LogP contribution in [0.5, 0.6) is 5.75 Å². The van der Waals surface area contributed by atoms with Crippen LogP contribution in [0.2, 0.25) is 5.02 Å². The van der Waals surface area contributed by atoms with E-state index in [9.17, 15) is 9.59 Å². The Hall–Kier alpha value is -3.84. The van der Waals surface area contributed by atoms with Crippen LogP contribution in [0.3, 0.4) is 0 Å². The van der Waals surface area contributed by atoms with Gasteiger partial charge in [0.25, 0.3) is 5.56 Å². The van der Waals surface area contributed by atoms with Gasteiger partial charge in [0.2, 0.25) is 11.1 Å². The third-order valence-electron chi connectivity index (χ3n) is 5.00. The molecule has 0 aliphatic heterocycles. The molecule has 8 heteroatoms. The fraction of sp³-hybridized carbons (Fsp3) is 0.0870. The number of rotatable bonds is 4. The van der Waals surface area contributed by atoms with Crippen molar-refractivity contribution in [3.8, 4) is 17.1 Å². The maximum atomic E-state index is 13.5. The second-order valence-corrected chi connectivity index (χ2v) is 7.32. The molecule has 31 heavy (non-hydrogen) atoms. The van der Waals surface area contributed by atoms with Crippen molar-refractivity contribution in [1.82, 2.24) is 9.55 Å². The van der Waals surface area contributed by atoms with Crippen LogP contribution in [0, 0.1) is 0 Å². The lowest BCUT2D eigenvalue weighted by Crippen LogP contribution is -2.28. The van der Waals surface area contributed by atoms with Gasteiger partial charge < -0.3 is 13.6 Å². The molecule has 3 heterocycles. The highest BCUT2D eigenvalue weighted by molar-refractivity contribution is 6.30. The van der Waals surface area contributed by atoms with E-state index in [1.54, 1.807) is 54.6 Å². The van der Waals surface area contributed by atoms with Gasteiger partial charge in [-0.1, -0.05) is 11.6 Å². The average molecular weight is 435 g/mol. The van der Waals surface area contributed by atoms with Crippen LogP contribution >= 0.6 is 11.6 Å². The van der Waals surface area contributed by atoms with E-state index in [4.69, 9.17) is 25.2 Å². The predicted octanol–water partition coefficient (Wildman–Crippen LogP) is 4.47. The topological polar surface area (TPSA) is 87.5 Å². The molecule has 0 unspecified atom stereocenters. The number of furan rings is 1. The van der Waals surface area contributed by atoms with E-state index in [0.717, 1.165) is 0 Å². The summed E-state index contributed by atoms with van der Waals surface area (Å²) in [5, 5.41) is 0.701. The van der Waals surface area contributed by atoms with Crippen molar-refractivity contribution in [1.29, 1.82) is 0 Å². The lowest BCUT2D eigenvalue weighted by molar-refractivity contribution is 0.414. The zero-order chi connectivity index (χ0) is 21.5. The summed E-state index contributed by atoms with van der Waals surface area (Å²) < 4.78 is 17.9. The van der Waals surface area contributed by atoms with E-state index < -0.39 is 11.0 Å². The summed E-state index contributed by atoms with van der Waals surface area (Å²) in [4.78, 5) is 31.2. The highest BCUT2D eigenvalue weighted by atomic mass is 35.5. The van der Waals surface area contributed by atoms with Gasteiger partial charge in [0.15, 0.2) is 5.39 Å². The lowest BCUT2D eigenvalue weighted by Gasteiger charge is -2.13. The Morgan fingerprint density at radius 2 is 1.90 bits per heavy atom. The summed E-state index contributed by atoms with van der Waals surface area (Å²) in [7, 11) is 1.52. The maximum absolute atomic E-state index is 13.5. The van der Waals surface area contributed by atoms with E-state index in [1.165, 1.54) is 17.9 Å². The van der Waals surface area contributed by atoms with E-state index in [2.05, 4.69) is 4.98 Å². The Kier molecular flexibility index (Phi) is 4.60. The number of methoxy groups -OCH3 is 1. The molecule has 5 rings (SSSR count). The zero-order valence-electron chi connectivity index (χ0n) is 16.3. The predicted molar refractivity (Wildman–Crippen MR) is 117 cm³/mol. The third kappa shape index (κ3) is 3.29. The Morgan fingerprint density at radius 1 is 1.10 bits per heavy atom. The Bertz CT molecular complexity index is 1530. The van der Waals surface area contributed by atoms with Crippen LogP contribution in [-0.2, 0) is 6.54 Å². The van der Waals surface area contributed by atoms with E-state index >= 15 is 0 Å². The van der Waals surface area contributed by atoms with Crippen molar-refractivity contribution in [2.75, 3.05) is 7.11 Å². The van der Waals surface area contributed by atoms with Gasteiger partial charge in [-0.15, -0.1) is 0 Å². The molecule has 154 valence electrons. The van der Waals surface area contributed by atoms with Crippen molar-refractivity contribution in [2.24, 2.45) is 0 Å². The first-order chi connectivity index (χ1) is 15.0. The lowest BCUT2D eigenvalue weighted by atomic mass is 10.1. The van der Waals surface area contributed by atoms with E-state index in [1.807, 2.05) is 0 Å². The minimum Gasteiger partial charge on any atom is -0.497 e. The number of benzene rings is 2. The molecule has 7 nitrogen and oxygen atoms in total. The first-order valence-electron chi connectivity index (χ1n) is 9.39. The van der Waals surface area contributed by atoms with Crippen molar-refractivity contribution in [2.45, 2.75) is 6.54 Å². The molecule has 0 aliphatic carbocycles. The molecule has 0 spiro atoms. The van der Waals surface area contributed by atoms with Gasteiger partial charge in [0, 0.05) is 16.7 Å². The fourth-order valence-corrected chi connectivity index (χ4v) is 3.59. The molecule has 0 fully saturated rings. The molecule has 0 amide bonds. The smallest absolute Gasteiger partial charge is 0.269 e. The number of aromatic nitrogens is 2. The number of nitrogens with zero attached hydrogens (tertiary/aromatic N) is 2. The summed E-state index contributed by atoms with van der Waals surface area (Å²) in [6.45, 7) is 0.104. The van der Waals surface area contributed by atoms with Gasteiger partial charge in [-0.3, -0.25) is 14.2 Å².